The fourth-order valence-electron chi connectivity index (χ4n) is 4.90. The van der Waals surface area contributed by atoms with E-state index in [1.807, 2.05) is 19.1 Å². The van der Waals surface area contributed by atoms with Crippen LogP contribution < -0.4 is 19.5 Å². The second-order valence-corrected chi connectivity index (χ2v) is 8.77. The van der Waals surface area contributed by atoms with Gasteiger partial charge in [0.1, 0.15) is 11.8 Å². The van der Waals surface area contributed by atoms with Crippen molar-refractivity contribution in [3.63, 3.8) is 0 Å². The maximum absolute atomic E-state index is 13.6. The smallest absolute Gasteiger partial charge is 0.453 e. The summed E-state index contributed by atoms with van der Waals surface area (Å²) >= 11 is 0. The number of fused-ring (bicyclic) bond motifs is 1. The number of rotatable bonds is 6. The Hall–Kier alpha value is -4.02. The Labute approximate surface area is 211 Å². The standard InChI is InChI=1S/C26H25F3N4O4/c1-4-37-17-8-5-14(6-9-17)23-22-18(30-25-31-24(26(27,28)29)32-33(23)25)11-16(12-19(22)34)15-7-10-20(35-2)21(13-15)36-3/h5-10,13,16,23H,4,11-12H2,1-3H3,(H,30,31,32)/t16-,23-/m0/s1. The predicted octanol–water partition coefficient (Wildman–Crippen LogP) is 5.13. The predicted molar refractivity (Wildman–Crippen MR) is 128 cm³/mol. The van der Waals surface area contributed by atoms with Crippen LogP contribution in [-0.4, -0.2) is 41.4 Å². The van der Waals surface area contributed by atoms with Gasteiger partial charge in [0.25, 0.3) is 5.82 Å². The second kappa shape index (κ2) is 9.45. The third-order valence-electron chi connectivity index (χ3n) is 6.56. The minimum absolute atomic E-state index is 0.0641. The Bertz CT molecular complexity index is 1370. The molecule has 5 rings (SSSR count). The third-order valence-corrected chi connectivity index (χ3v) is 6.56. The zero-order valence-electron chi connectivity index (χ0n) is 20.4. The van der Waals surface area contributed by atoms with Gasteiger partial charge in [-0.1, -0.05) is 18.2 Å². The van der Waals surface area contributed by atoms with Crippen molar-refractivity contribution in [2.24, 2.45) is 0 Å². The van der Waals surface area contributed by atoms with Gasteiger partial charge in [0.05, 0.1) is 20.8 Å². The number of ether oxygens (including phenoxy) is 3. The average Bonchev–Trinajstić information content (AvgIpc) is 3.32. The first-order valence-corrected chi connectivity index (χ1v) is 11.7. The van der Waals surface area contributed by atoms with Crippen molar-refractivity contribution in [2.75, 3.05) is 26.1 Å². The number of benzene rings is 2. The third kappa shape index (κ3) is 4.49. The summed E-state index contributed by atoms with van der Waals surface area (Å²) < 4.78 is 57.9. The van der Waals surface area contributed by atoms with E-state index in [2.05, 4.69) is 15.4 Å². The van der Waals surface area contributed by atoms with Crippen molar-refractivity contribution in [3.05, 3.63) is 70.7 Å². The summed E-state index contributed by atoms with van der Waals surface area (Å²) in [7, 11) is 3.07. The number of hydrogen-bond donors (Lipinski definition) is 1. The van der Waals surface area contributed by atoms with Crippen LogP contribution in [0.25, 0.3) is 0 Å². The van der Waals surface area contributed by atoms with Gasteiger partial charge >= 0.3 is 6.18 Å². The fourth-order valence-corrected chi connectivity index (χ4v) is 4.90. The molecule has 0 fully saturated rings. The second-order valence-electron chi connectivity index (χ2n) is 8.77. The molecule has 1 N–H and O–H groups in total. The van der Waals surface area contributed by atoms with Gasteiger partial charge in [-0.15, -0.1) is 5.10 Å². The number of ketones is 1. The van der Waals surface area contributed by atoms with Crippen LogP contribution >= 0.6 is 0 Å². The first-order valence-electron chi connectivity index (χ1n) is 11.7. The Morgan fingerprint density at radius 2 is 1.73 bits per heavy atom. The molecule has 1 aliphatic heterocycles. The molecule has 3 aromatic rings. The molecule has 2 aliphatic rings. The van der Waals surface area contributed by atoms with Crippen molar-refractivity contribution in [3.8, 4) is 17.2 Å². The van der Waals surface area contributed by atoms with Gasteiger partial charge in [-0.2, -0.15) is 18.2 Å². The number of alkyl halides is 3. The lowest BCUT2D eigenvalue weighted by atomic mass is 9.78. The fraction of sp³-hybridized carbons (Fsp3) is 0.346. The highest BCUT2D eigenvalue weighted by atomic mass is 19.4. The van der Waals surface area contributed by atoms with E-state index < -0.39 is 18.0 Å². The first kappa shape index (κ1) is 24.7. The molecule has 0 unspecified atom stereocenters. The molecule has 0 saturated carbocycles. The number of allylic oxidation sites excluding steroid dienone is 2. The molecule has 0 bridgehead atoms. The molecule has 8 nitrogen and oxygen atoms in total. The zero-order chi connectivity index (χ0) is 26.3. The Kier molecular flexibility index (Phi) is 6.30. The van der Waals surface area contributed by atoms with E-state index in [9.17, 15) is 18.0 Å². The Morgan fingerprint density at radius 3 is 2.38 bits per heavy atom. The monoisotopic (exact) mass is 514 g/mol. The van der Waals surface area contributed by atoms with Crippen molar-refractivity contribution in [1.29, 1.82) is 0 Å². The lowest BCUT2D eigenvalue weighted by Crippen LogP contribution is -2.33. The van der Waals surface area contributed by atoms with Crippen LogP contribution in [-0.2, 0) is 11.0 Å². The minimum atomic E-state index is -4.73. The number of anilines is 1. The SMILES string of the molecule is CCOc1ccc([C@H]2C3=C(C[C@H](c4ccc(OC)c(OC)c4)CC3=O)Nc3nc(C(F)(F)F)nn32)cc1. The van der Waals surface area contributed by atoms with E-state index in [0.29, 0.717) is 47.1 Å². The van der Waals surface area contributed by atoms with Crippen LogP contribution in [0.1, 0.15) is 48.7 Å². The lowest BCUT2D eigenvalue weighted by Gasteiger charge is -2.35. The summed E-state index contributed by atoms with van der Waals surface area (Å²) in [5.41, 5.74) is 2.38. The Morgan fingerprint density at radius 1 is 1.03 bits per heavy atom. The molecule has 0 radical (unpaired) electrons. The molecule has 11 heteroatoms. The van der Waals surface area contributed by atoms with Gasteiger partial charge in [0.2, 0.25) is 5.95 Å². The topological polar surface area (TPSA) is 87.5 Å². The van der Waals surface area contributed by atoms with Crippen molar-refractivity contribution in [1.82, 2.24) is 14.8 Å². The van der Waals surface area contributed by atoms with Crippen molar-refractivity contribution >= 4 is 11.7 Å². The number of aromatic nitrogens is 3. The lowest BCUT2D eigenvalue weighted by molar-refractivity contribution is -0.145. The highest BCUT2D eigenvalue weighted by Gasteiger charge is 2.43. The quantitative estimate of drug-likeness (QED) is 0.488. The first-order chi connectivity index (χ1) is 17.7. The number of carbonyl (C=O) groups excluding carboxylic acids is 1. The highest BCUT2D eigenvalue weighted by molar-refractivity contribution is 6.00. The van der Waals surface area contributed by atoms with E-state index >= 15 is 0 Å². The van der Waals surface area contributed by atoms with Gasteiger partial charge < -0.3 is 19.5 Å². The van der Waals surface area contributed by atoms with Crippen molar-refractivity contribution < 1.29 is 32.2 Å². The number of Topliss-reactive ketones (excluding diaryl/α,β-unsaturated/α-hetero) is 1. The highest BCUT2D eigenvalue weighted by Crippen LogP contribution is 2.46. The summed E-state index contributed by atoms with van der Waals surface area (Å²) in [5, 5.41) is 6.72. The van der Waals surface area contributed by atoms with Gasteiger partial charge in [0.15, 0.2) is 17.3 Å². The molecule has 37 heavy (non-hydrogen) atoms. The van der Waals surface area contributed by atoms with E-state index in [-0.39, 0.29) is 24.1 Å². The molecule has 1 aromatic heterocycles. The summed E-state index contributed by atoms with van der Waals surface area (Å²) in [4.78, 5) is 17.3. The number of nitrogens with one attached hydrogen (secondary N) is 1. The van der Waals surface area contributed by atoms with E-state index in [0.717, 1.165) is 10.2 Å². The van der Waals surface area contributed by atoms with Crippen LogP contribution in [0.15, 0.2) is 53.7 Å². The molecular weight excluding hydrogens is 489 g/mol. The molecule has 0 saturated heterocycles. The average molecular weight is 515 g/mol. The van der Waals surface area contributed by atoms with E-state index in [1.54, 1.807) is 30.3 Å². The molecule has 1 aliphatic carbocycles. The molecule has 2 aromatic carbocycles. The van der Waals surface area contributed by atoms with Gasteiger partial charge in [-0.25, -0.2) is 4.68 Å². The molecule has 0 amide bonds. The van der Waals surface area contributed by atoms with E-state index in [4.69, 9.17) is 14.2 Å². The van der Waals surface area contributed by atoms with Crippen LogP contribution in [0.5, 0.6) is 17.2 Å². The van der Waals surface area contributed by atoms with Crippen LogP contribution in [0.2, 0.25) is 0 Å². The number of hydrogen-bond acceptors (Lipinski definition) is 7. The summed E-state index contributed by atoms with van der Waals surface area (Å²) in [6.07, 6.45) is -4.15. The number of methoxy groups -OCH3 is 2. The molecule has 2 atom stereocenters. The molecule has 0 spiro atoms. The van der Waals surface area contributed by atoms with Crippen LogP contribution in [0.4, 0.5) is 19.1 Å². The molecule has 2 heterocycles. The maximum Gasteiger partial charge on any atom is 0.453 e. The number of carbonyl (C=O) groups is 1. The zero-order valence-corrected chi connectivity index (χ0v) is 20.4. The van der Waals surface area contributed by atoms with Crippen molar-refractivity contribution in [2.45, 2.75) is 37.9 Å². The minimum Gasteiger partial charge on any atom is -0.494 e. The summed E-state index contributed by atoms with van der Waals surface area (Å²) in [6.45, 7) is 2.33. The normalized spacial score (nSPS) is 19.1. The largest absolute Gasteiger partial charge is 0.494 e. The number of halogens is 3. The van der Waals surface area contributed by atoms with Gasteiger partial charge in [-0.05, 0) is 54.7 Å². The molecule has 194 valence electrons. The van der Waals surface area contributed by atoms with Gasteiger partial charge in [0, 0.05) is 17.7 Å². The van der Waals surface area contributed by atoms with Gasteiger partial charge in [-0.3, -0.25) is 4.79 Å². The van der Waals surface area contributed by atoms with Crippen LogP contribution in [0.3, 0.4) is 0 Å². The Balaban J connectivity index is 1.57. The van der Waals surface area contributed by atoms with Crippen LogP contribution in [0, 0.1) is 0 Å². The number of nitrogens with zero attached hydrogens (tertiary/aromatic N) is 3. The maximum atomic E-state index is 13.6. The molecular formula is C26H25F3N4O4. The summed E-state index contributed by atoms with van der Waals surface area (Å²) in [5.74, 6) is -0.00984. The summed E-state index contributed by atoms with van der Waals surface area (Å²) in [6, 6.07) is 11.5. The van der Waals surface area contributed by atoms with E-state index in [1.165, 1.54) is 14.2 Å².